The lowest BCUT2D eigenvalue weighted by Gasteiger charge is -2.32. The minimum Gasteiger partial charge on any atom is -0.480 e. The Morgan fingerprint density at radius 1 is 1.20 bits per heavy atom. The minimum absolute atomic E-state index is 0.485. The van der Waals surface area contributed by atoms with Gasteiger partial charge in [-0.15, -0.1) is 0 Å². The van der Waals surface area contributed by atoms with Crippen LogP contribution in [0.3, 0.4) is 0 Å². The van der Waals surface area contributed by atoms with E-state index in [4.69, 9.17) is 10.2 Å². The van der Waals surface area contributed by atoms with E-state index >= 15 is 0 Å². The number of Topliss-reactive ketones (excluding diaryl/α,β-unsaturated/α-hetero) is 1. The van der Waals surface area contributed by atoms with Gasteiger partial charge in [0.25, 0.3) is 0 Å². The van der Waals surface area contributed by atoms with E-state index in [1.807, 2.05) is 13.0 Å². The third kappa shape index (κ3) is 2.11. The van der Waals surface area contributed by atoms with Crippen LogP contribution >= 0.6 is 0 Å². The maximum atomic E-state index is 12.6. The standard InChI is InChI=1S/C14H17NO5/c1-9-5-4-8-15(9)14(6-2-3-7-14)11(16)10(12(17)18)13(19)20/h4-5,8,10H,2-3,6-7H2,1H3,(H,17,18)(H,19,20). The van der Waals surface area contributed by atoms with Crippen LogP contribution in [-0.2, 0) is 19.9 Å². The van der Waals surface area contributed by atoms with E-state index in [0.29, 0.717) is 12.8 Å². The number of aryl methyl sites for hydroxylation is 1. The second-order valence-electron chi connectivity index (χ2n) is 5.23. The summed E-state index contributed by atoms with van der Waals surface area (Å²) >= 11 is 0. The molecule has 108 valence electrons. The molecule has 0 radical (unpaired) electrons. The Morgan fingerprint density at radius 3 is 2.15 bits per heavy atom. The van der Waals surface area contributed by atoms with Crippen molar-refractivity contribution in [3.05, 3.63) is 24.0 Å². The molecule has 1 heterocycles. The van der Waals surface area contributed by atoms with E-state index in [1.54, 1.807) is 16.8 Å². The van der Waals surface area contributed by atoms with Crippen LogP contribution in [0.2, 0.25) is 0 Å². The summed E-state index contributed by atoms with van der Waals surface area (Å²) < 4.78 is 1.74. The number of carbonyl (C=O) groups is 3. The van der Waals surface area contributed by atoms with E-state index in [-0.39, 0.29) is 0 Å². The van der Waals surface area contributed by atoms with E-state index in [1.165, 1.54) is 0 Å². The second-order valence-corrected chi connectivity index (χ2v) is 5.23. The molecular weight excluding hydrogens is 262 g/mol. The minimum atomic E-state index is -2.00. The van der Waals surface area contributed by atoms with Gasteiger partial charge < -0.3 is 14.8 Å². The molecule has 1 aromatic heterocycles. The Hall–Kier alpha value is -2.11. The molecule has 0 amide bonds. The molecule has 2 rings (SSSR count). The molecule has 0 unspecified atom stereocenters. The Morgan fingerprint density at radius 2 is 1.75 bits per heavy atom. The van der Waals surface area contributed by atoms with Crippen LogP contribution in [0, 0.1) is 12.8 Å². The van der Waals surface area contributed by atoms with Gasteiger partial charge in [-0.3, -0.25) is 14.4 Å². The van der Waals surface area contributed by atoms with Crippen LogP contribution in [0.25, 0.3) is 0 Å². The van der Waals surface area contributed by atoms with E-state index in [2.05, 4.69) is 0 Å². The van der Waals surface area contributed by atoms with Crippen LogP contribution in [0.4, 0.5) is 0 Å². The van der Waals surface area contributed by atoms with Gasteiger partial charge in [-0.25, -0.2) is 0 Å². The van der Waals surface area contributed by atoms with Crippen molar-refractivity contribution >= 4 is 17.7 Å². The highest BCUT2D eigenvalue weighted by Crippen LogP contribution is 2.40. The highest BCUT2D eigenvalue weighted by Gasteiger charge is 2.50. The van der Waals surface area contributed by atoms with Crippen LogP contribution in [0.1, 0.15) is 31.4 Å². The average Bonchev–Trinajstić information content (AvgIpc) is 2.96. The molecule has 0 bridgehead atoms. The molecule has 1 aromatic rings. The number of nitrogens with zero attached hydrogens (tertiary/aromatic N) is 1. The second kappa shape index (κ2) is 5.11. The topological polar surface area (TPSA) is 96.6 Å². The van der Waals surface area contributed by atoms with Gasteiger partial charge in [-0.1, -0.05) is 12.8 Å². The molecule has 0 atom stereocenters. The van der Waals surface area contributed by atoms with Crippen molar-refractivity contribution in [1.82, 2.24) is 4.57 Å². The zero-order chi connectivity index (χ0) is 14.9. The first kappa shape index (κ1) is 14.3. The van der Waals surface area contributed by atoms with Gasteiger partial charge in [0.1, 0.15) is 5.54 Å². The summed E-state index contributed by atoms with van der Waals surface area (Å²) in [6, 6.07) is 3.60. The van der Waals surface area contributed by atoms with Crippen LogP contribution < -0.4 is 0 Å². The van der Waals surface area contributed by atoms with Gasteiger partial charge in [-0.05, 0) is 31.9 Å². The van der Waals surface area contributed by atoms with Gasteiger partial charge in [-0.2, -0.15) is 0 Å². The number of rotatable bonds is 5. The Labute approximate surface area is 116 Å². The zero-order valence-electron chi connectivity index (χ0n) is 11.2. The molecule has 6 heteroatoms. The first-order chi connectivity index (χ1) is 9.40. The summed E-state index contributed by atoms with van der Waals surface area (Å²) in [7, 11) is 0. The third-order valence-electron chi connectivity index (χ3n) is 4.06. The lowest BCUT2D eigenvalue weighted by molar-refractivity contribution is -0.160. The van der Waals surface area contributed by atoms with Gasteiger partial charge in [0, 0.05) is 11.9 Å². The maximum absolute atomic E-state index is 12.6. The molecule has 2 N–H and O–H groups in total. The van der Waals surface area contributed by atoms with Crippen LogP contribution in [-0.4, -0.2) is 32.5 Å². The summed E-state index contributed by atoms with van der Waals surface area (Å²) in [5, 5.41) is 18.1. The number of carboxylic acid groups (broad SMARTS) is 2. The maximum Gasteiger partial charge on any atom is 0.325 e. The fourth-order valence-electron chi connectivity index (χ4n) is 3.11. The predicted molar refractivity (Wildman–Crippen MR) is 69.4 cm³/mol. The van der Waals surface area contributed by atoms with Crippen LogP contribution in [0.5, 0.6) is 0 Å². The van der Waals surface area contributed by atoms with Crippen molar-refractivity contribution in [1.29, 1.82) is 0 Å². The van der Waals surface area contributed by atoms with Crippen molar-refractivity contribution in [3.63, 3.8) is 0 Å². The smallest absolute Gasteiger partial charge is 0.325 e. The predicted octanol–water partition coefficient (Wildman–Crippen LogP) is 1.42. The highest BCUT2D eigenvalue weighted by atomic mass is 16.4. The first-order valence-electron chi connectivity index (χ1n) is 6.54. The lowest BCUT2D eigenvalue weighted by Crippen LogP contribution is -2.48. The van der Waals surface area contributed by atoms with Gasteiger partial charge in [0.15, 0.2) is 5.78 Å². The molecular formula is C14H17NO5. The zero-order valence-corrected chi connectivity index (χ0v) is 11.2. The average molecular weight is 279 g/mol. The molecule has 1 aliphatic carbocycles. The molecule has 1 saturated carbocycles. The fourth-order valence-corrected chi connectivity index (χ4v) is 3.11. The number of carboxylic acids is 2. The van der Waals surface area contributed by atoms with Gasteiger partial charge >= 0.3 is 11.9 Å². The summed E-state index contributed by atoms with van der Waals surface area (Å²) in [5.41, 5.74) is -0.204. The van der Waals surface area contributed by atoms with Gasteiger partial charge in [0.05, 0.1) is 0 Å². The fraction of sp³-hybridized carbons (Fsp3) is 0.500. The largest absolute Gasteiger partial charge is 0.480 e. The Bertz CT molecular complexity index is 540. The molecule has 1 fully saturated rings. The quantitative estimate of drug-likeness (QED) is 0.794. The van der Waals surface area contributed by atoms with Crippen LogP contribution in [0.15, 0.2) is 18.3 Å². The lowest BCUT2D eigenvalue weighted by atomic mass is 9.83. The van der Waals surface area contributed by atoms with E-state index in [0.717, 1.165) is 18.5 Å². The Kier molecular flexibility index (Phi) is 3.65. The number of aliphatic carboxylic acids is 2. The van der Waals surface area contributed by atoms with Crippen molar-refractivity contribution in [2.75, 3.05) is 0 Å². The molecule has 1 aliphatic rings. The molecule has 0 spiro atoms. The van der Waals surface area contributed by atoms with Crippen molar-refractivity contribution in [3.8, 4) is 0 Å². The molecule has 0 saturated heterocycles. The molecule has 0 aromatic carbocycles. The highest BCUT2D eigenvalue weighted by molar-refractivity contribution is 6.16. The van der Waals surface area contributed by atoms with Gasteiger partial charge in [0.2, 0.25) is 5.92 Å². The number of ketones is 1. The SMILES string of the molecule is Cc1cccn1C1(C(=O)C(C(=O)O)C(=O)O)CCCC1. The van der Waals surface area contributed by atoms with E-state index in [9.17, 15) is 14.4 Å². The number of hydrogen-bond donors (Lipinski definition) is 2. The summed E-state index contributed by atoms with van der Waals surface area (Å²) in [4.78, 5) is 34.9. The van der Waals surface area contributed by atoms with E-state index < -0.39 is 29.2 Å². The van der Waals surface area contributed by atoms with Crippen molar-refractivity contribution in [2.24, 2.45) is 5.92 Å². The normalized spacial score (nSPS) is 17.3. The molecule has 20 heavy (non-hydrogen) atoms. The Balaban J connectivity index is 2.49. The summed E-state index contributed by atoms with van der Waals surface area (Å²) in [5.74, 6) is -5.93. The van der Waals surface area contributed by atoms with Crippen molar-refractivity contribution in [2.45, 2.75) is 38.1 Å². The molecule has 0 aliphatic heterocycles. The number of carbonyl (C=O) groups excluding carboxylic acids is 1. The number of aromatic nitrogens is 1. The first-order valence-corrected chi connectivity index (χ1v) is 6.54. The van der Waals surface area contributed by atoms with Crippen molar-refractivity contribution < 1.29 is 24.6 Å². The monoisotopic (exact) mass is 279 g/mol. The third-order valence-corrected chi connectivity index (χ3v) is 4.06. The summed E-state index contributed by atoms with van der Waals surface area (Å²) in [6.45, 7) is 1.82. The summed E-state index contributed by atoms with van der Waals surface area (Å²) in [6.07, 6.45) is 4.26. The molecule has 6 nitrogen and oxygen atoms in total. The number of hydrogen-bond acceptors (Lipinski definition) is 3.